The van der Waals surface area contributed by atoms with Crippen LogP contribution in [0.1, 0.15) is 46.5 Å². The highest BCUT2D eigenvalue weighted by Crippen LogP contribution is 2.22. The third-order valence-corrected chi connectivity index (χ3v) is 3.79. The van der Waals surface area contributed by atoms with Gasteiger partial charge in [0.05, 0.1) is 11.5 Å². The van der Waals surface area contributed by atoms with Crippen LogP contribution in [0.4, 0.5) is 0 Å². The lowest BCUT2D eigenvalue weighted by Gasteiger charge is -2.25. The molecule has 0 spiro atoms. The lowest BCUT2D eigenvalue weighted by Crippen LogP contribution is -2.34. The standard InChI is InChI=1S/C14H27NO3/c1-4-15(11-12-7-5-10-18-12)9-6-8-14(2,3)13(16)17/h12H,4-11H2,1-3H3,(H,16,17). The molecule has 4 nitrogen and oxygen atoms in total. The fourth-order valence-corrected chi connectivity index (χ4v) is 2.31. The zero-order chi connectivity index (χ0) is 13.6. The fourth-order valence-electron chi connectivity index (χ4n) is 2.31. The summed E-state index contributed by atoms with van der Waals surface area (Å²) in [4.78, 5) is 13.4. The van der Waals surface area contributed by atoms with Gasteiger partial charge < -0.3 is 14.7 Å². The van der Waals surface area contributed by atoms with Gasteiger partial charge in [-0.1, -0.05) is 6.92 Å². The van der Waals surface area contributed by atoms with Crippen LogP contribution in [-0.2, 0) is 9.53 Å². The average Bonchev–Trinajstić information content (AvgIpc) is 2.80. The van der Waals surface area contributed by atoms with Gasteiger partial charge in [-0.2, -0.15) is 0 Å². The fraction of sp³-hybridized carbons (Fsp3) is 0.929. The lowest BCUT2D eigenvalue weighted by atomic mass is 9.88. The van der Waals surface area contributed by atoms with E-state index in [9.17, 15) is 4.79 Å². The van der Waals surface area contributed by atoms with E-state index in [2.05, 4.69) is 11.8 Å². The third-order valence-electron chi connectivity index (χ3n) is 3.79. The third kappa shape index (κ3) is 4.94. The van der Waals surface area contributed by atoms with Gasteiger partial charge in [-0.15, -0.1) is 0 Å². The van der Waals surface area contributed by atoms with Gasteiger partial charge in [-0.05, 0) is 52.6 Å². The van der Waals surface area contributed by atoms with Crippen LogP contribution in [0.3, 0.4) is 0 Å². The topological polar surface area (TPSA) is 49.8 Å². The second-order valence-electron chi connectivity index (χ2n) is 5.82. The molecule has 1 saturated heterocycles. The van der Waals surface area contributed by atoms with E-state index in [0.717, 1.165) is 45.5 Å². The van der Waals surface area contributed by atoms with Crippen molar-refractivity contribution >= 4 is 5.97 Å². The van der Waals surface area contributed by atoms with Crippen LogP contribution in [0.2, 0.25) is 0 Å². The lowest BCUT2D eigenvalue weighted by molar-refractivity contribution is -0.147. The predicted octanol–water partition coefficient (Wildman–Crippen LogP) is 2.38. The zero-order valence-corrected chi connectivity index (χ0v) is 11.9. The maximum absolute atomic E-state index is 11.0. The number of hydrogen-bond donors (Lipinski definition) is 1. The molecule has 1 rings (SSSR count). The molecule has 0 radical (unpaired) electrons. The number of rotatable bonds is 8. The molecule has 1 N–H and O–H groups in total. The Morgan fingerprint density at radius 1 is 1.50 bits per heavy atom. The Kier molecular flexibility index (Phi) is 6.09. The van der Waals surface area contributed by atoms with Gasteiger partial charge in [-0.25, -0.2) is 0 Å². The van der Waals surface area contributed by atoms with E-state index in [1.165, 1.54) is 6.42 Å². The Bertz CT molecular complexity index is 260. The summed E-state index contributed by atoms with van der Waals surface area (Å²) in [5, 5.41) is 9.06. The number of ether oxygens (including phenoxy) is 1. The molecule has 0 bridgehead atoms. The van der Waals surface area contributed by atoms with E-state index in [1.807, 2.05) is 0 Å². The second-order valence-corrected chi connectivity index (χ2v) is 5.82. The highest BCUT2D eigenvalue weighted by molar-refractivity contribution is 5.73. The van der Waals surface area contributed by atoms with Crippen LogP contribution >= 0.6 is 0 Å². The van der Waals surface area contributed by atoms with Crippen molar-refractivity contribution in [3.8, 4) is 0 Å². The molecule has 0 aromatic rings. The Labute approximate surface area is 110 Å². The van der Waals surface area contributed by atoms with Crippen molar-refractivity contribution in [1.82, 2.24) is 4.90 Å². The molecule has 4 heteroatoms. The van der Waals surface area contributed by atoms with E-state index >= 15 is 0 Å². The van der Waals surface area contributed by atoms with Crippen molar-refractivity contribution in [2.75, 3.05) is 26.2 Å². The summed E-state index contributed by atoms with van der Waals surface area (Å²) in [7, 11) is 0. The van der Waals surface area contributed by atoms with Crippen molar-refractivity contribution in [1.29, 1.82) is 0 Å². The monoisotopic (exact) mass is 257 g/mol. The molecule has 106 valence electrons. The first kappa shape index (κ1) is 15.4. The Hall–Kier alpha value is -0.610. The molecule has 1 aliphatic rings. The van der Waals surface area contributed by atoms with Gasteiger partial charge in [-0.3, -0.25) is 4.79 Å². The maximum atomic E-state index is 11.0. The molecule has 0 amide bonds. The normalized spacial score (nSPS) is 20.6. The van der Waals surface area contributed by atoms with Crippen molar-refractivity contribution in [2.24, 2.45) is 5.41 Å². The molecule has 0 aromatic heterocycles. The van der Waals surface area contributed by atoms with E-state index in [4.69, 9.17) is 9.84 Å². The number of aliphatic carboxylic acids is 1. The predicted molar refractivity (Wildman–Crippen MR) is 71.7 cm³/mol. The van der Waals surface area contributed by atoms with Crippen LogP contribution in [0.15, 0.2) is 0 Å². The minimum atomic E-state index is -0.704. The largest absolute Gasteiger partial charge is 0.481 e. The summed E-state index contributed by atoms with van der Waals surface area (Å²) < 4.78 is 5.63. The molecule has 1 atom stereocenters. The van der Waals surface area contributed by atoms with Crippen molar-refractivity contribution in [3.63, 3.8) is 0 Å². The molecule has 0 saturated carbocycles. The zero-order valence-electron chi connectivity index (χ0n) is 11.9. The van der Waals surface area contributed by atoms with E-state index < -0.39 is 11.4 Å². The van der Waals surface area contributed by atoms with Crippen LogP contribution in [0, 0.1) is 5.41 Å². The molecular formula is C14H27NO3. The number of carboxylic acid groups (broad SMARTS) is 1. The second kappa shape index (κ2) is 7.10. The van der Waals surface area contributed by atoms with Crippen LogP contribution in [0.25, 0.3) is 0 Å². The number of hydrogen-bond acceptors (Lipinski definition) is 3. The molecule has 18 heavy (non-hydrogen) atoms. The van der Waals surface area contributed by atoms with Crippen molar-refractivity contribution < 1.29 is 14.6 Å². The summed E-state index contributed by atoms with van der Waals surface area (Å²) in [6, 6.07) is 0. The van der Waals surface area contributed by atoms with Gasteiger partial charge in [0.2, 0.25) is 0 Å². The first-order valence-electron chi connectivity index (χ1n) is 7.03. The molecule has 1 aliphatic heterocycles. The summed E-state index contributed by atoms with van der Waals surface area (Å²) in [5.74, 6) is -0.704. The van der Waals surface area contributed by atoms with Crippen LogP contribution in [0.5, 0.6) is 0 Å². The molecule has 1 heterocycles. The van der Waals surface area contributed by atoms with Gasteiger partial charge in [0.1, 0.15) is 0 Å². The summed E-state index contributed by atoms with van der Waals surface area (Å²) in [5.41, 5.74) is -0.608. The first-order chi connectivity index (χ1) is 8.45. The number of carboxylic acids is 1. The minimum Gasteiger partial charge on any atom is -0.481 e. The Morgan fingerprint density at radius 3 is 2.72 bits per heavy atom. The van der Waals surface area contributed by atoms with E-state index in [0.29, 0.717) is 6.10 Å². The van der Waals surface area contributed by atoms with Gasteiger partial charge in [0, 0.05) is 13.2 Å². The molecule has 0 aliphatic carbocycles. The highest BCUT2D eigenvalue weighted by Gasteiger charge is 2.26. The minimum absolute atomic E-state index is 0.387. The SMILES string of the molecule is CCN(CCCC(C)(C)C(=O)O)CC1CCCO1. The number of carbonyl (C=O) groups is 1. The molecule has 1 fully saturated rings. The Balaban J connectivity index is 2.24. The van der Waals surface area contributed by atoms with Crippen molar-refractivity contribution in [3.05, 3.63) is 0 Å². The smallest absolute Gasteiger partial charge is 0.309 e. The van der Waals surface area contributed by atoms with Crippen LogP contribution < -0.4 is 0 Å². The van der Waals surface area contributed by atoms with E-state index in [1.54, 1.807) is 13.8 Å². The summed E-state index contributed by atoms with van der Waals surface area (Å²) in [6.45, 7) is 9.60. The average molecular weight is 257 g/mol. The maximum Gasteiger partial charge on any atom is 0.309 e. The summed E-state index contributed by atoms with van der Waals surface area (Å²) >= 11 is 0. The first-order valence-corrected chi connectivity index (χ1v) is 7.03. The highest BCUT2D eigenvalue weighted by atomic mass is 16.5. The van der Waals surface area contributed by atoms with Gasteiger partial charge >= 0.3 is 5.97 Å². The van der Waals surface area contributed by atoms with Gasteiger partial charge in [0.15, 0.2) is 0 Å². The number of nitrogens with zero attached hydrogens (tertiary/aromatic N) is 1. The molecule has 0 aromatic carbocycles. The van der Waals surface area contributed by atoms with E-state index in [-0.39, 0.29) is 0 Å². The quantitative estimate of drug-likeness (QED) is 0.725. The number of likely N-dealkylation sites (N-methyl/N-ethyl adjacent to an activating group) is 1. The van der Waals surface area contributed by atoms with Crippen molar-refractivity contribution in [2.45, 2.75) is 52.6 Å². The summed E-state index contributed by atoms with van der Waals surface area (Å²) in [6.07, 6.45) is 4.38. The van der Waals surface area contributed by atoms with Gasteiger partial charge in [0.25, 0.3) is 0 Å². The molecular weight excluding hydrogens is 230 g/mol. The molecule has 1 unspecified atom stereocenters. The Morgan fingerprint density at radius 2 is 2.22 bits per heavy atom. The van der Waals surface area contributed by atoms with Crippen LogP contribution in [-0.4, -0.2) is 48.3 Å².